The first-order valence-corrected chi connectivity index (χ1v) is 18.4. The van der Waals surface area contributed by atoms with Crippen LogP contribution in [0.1, 0.15) is 79.2 Å². The van der Waals surface area contributed by atoms with E-state index in [1.54, 1.807) is 20.0 Å². The normalized spacial score (nSPS) is 24.2. The summed E-state index contributed by atoms with van der Waals surface area (Å²) >= 11 is 0. The van der Waals surface area contributed by atoms with E-state index in [0.29, 0.717) is 6.42 Å². The SMILES string of the molecule is CC(C)C[C@@H]1NC(=O)[C@@H](CC(C)C)NC(=O)[C@@H](CCCN)NC(=O)[C@H](CC(N)=O)NC(=O)[C@H](C(C)C)NC(=O)[C@H](Cc2c[nH]c3ccccc23)NC1=O. The molecule has 0 bridgehead atoms. The third-order valence-corrected chi connectivity index (χ3v) is 9.03. The van der Waals surface area contributed by atoms with Crippen molar-refractivity contribution in [3.8, 4) is 0 Å². The second-order valence-electron chi connectivity index (χ2n) is 15.0. The molecular weight excluding hydrogens is 682 g/mol. The van der Waals surface area contributed by atoms with Crippen molar-refractivity contribution in [1.29, 1.82) is 0 Å². The molecule has 7 amide bonds. The fourth-order valence-electron chi connectivity index (χ4n) is 6.28. The van der Waals surface area contributed by atoms with E-state index in [9.17, 15) is 33.6 Å². The molecule has 0 saturated carbocycles. The van der Waals surface area contributed by atoms with Gasteiger partial charge in [0.25, 0.3) is 0 Å². The van der Waals surface area contributed by atoms with Crippen molar-refractivity contribution in [3.05, 3.63) is 36.0 Å². The number of primary amides is 1. The van der Waals surface area contributed by atoms with Crippen molar-refractivity contribution in [1.82, 2.24) is 36.9 Å². The van der Waals surface area contributed by atoms with Gasteiger partial charge in [-0.3, -0.25) is 33.6 Å². The fraction of sp³-hybridized carbons (Fsp3) is 0.595. The molecule has 1 aliphatic rings. The Morgan fingerprint density at radius 2 is 1.15 bits per heavy atom. The lowest BCUT2D eigenvalue weighted by Gasteiger charge is -2.30. The highest BCUT2D eigenvalue weighted by atomic mass is 16.2. The van der Waals surface area contributed by atoms with Crippen LogP contribution >= 0.6 is 0 Å². The van der Waals surface area contributed by atoms with Crippen LogP contribution in [0.25, 0.3) is 10.9 Å². The summed E-state index contributed by atoms with van der Waals surface area (Å²) in [5.74, 6) is -5.78. The minimum Gasteiger partial charge on any atom is -0.370 e. The number of nitrogens with two attached hydrogens (primary N) is 2. The Morgan fingerprint density at radius 3 is 1.70 bits per heavy atom. The Morgan fingerprint density at radius 1 is 0.660 bits per heavy atom. The number of fused-ring (bicyclic) bond motifs is 1. The number of aromatic amines is 1. The maximum Gasteiger partial charge on any atom is 0.243 e. The van der Waals surface area contributed by atoms with E-state index in [4.69, 9.17) is 11.5 Å². The topological polar surface area (TPSA) is 260 Å². The molecule has 6 atom stereocenters. The number of hydrogen-bond acceptors (Lipinski definition) is 8. The number of aromatic nitrogens is 1. The van der Waals surface area contributed by atoms with Crippen LogP contribution in [0.2, 0.25) is 0 Å². The Kier molecular flexibility index (Phi) is 15.8. The molecule has 0 unspecified atom stereocenters. The minimum absolute atomic E-state index is 0.0271. The van der Waals surface area contributed by atoms with Gasteiger partial charge in [-0.15, -0.1) is 0 Å². The van der Waals surface area contributed by atoms with Crippen LogP contribution in [-0.2, 0) is 40.0 Å². The maximum absolute atomic E-state index is 14.1. The highest BCUT2D eigenvalue weighted by Gasteiger charge is 2.36. The lowest BCUT2D eigenvalue weighted by atomic mass is 9.98. The average Bonchev–Trinajstić information content (AvgIpc) is 3.48. The summed E-state index contributed by atoms with van der Waals surface area (Å²) in [6.45, 7) is 11.1. The number of hydrogen-bond donors (Lipinski definition) is 9. The largest absolute Gasteiger partial charge is 0.370 e. The van der Waals surface area contributed by atoms with Gasteiger partial charge in [0, 0.05) is 23.5 Å². The summed E-state index contributed by atoms with van der Waals surface area (Å²) < 4.78 is 0. The zero-order valence-corrected chi connectivity index (χ0v) is 31.5. The molecule has 3 rings (SSSR count). The number of carbonyl (C=O) groups excluding carboxylic acids is 7. The van der Waals surface area contributed by atoms with E-state index >= 15 is 0 Å². The Labute approximate surface area is 310 Å². The molecule has 2 heterocycles. The number of rotatable bonds is 12. The number of H-pyrrole nitrogens is 1. The molecule has 2 aromatic rings. The zero-order valence-electron chi connectivity index (χ0n) is 31.5. The van der Waals surface area contributed by atoms with Crippen LogP contribution in [0.4, 0.5) is 0 Å². The number of carbonyl (C=O) groups is 7. The number of nitrogens with one attached hydrogen (secondary N) is 7. The quantitative estimate of drug-likeness (QED) is 0.143. The van der Waals surface area contributed by atoms with E-state index in [2.05, 4.69) is 36.9 Å². The lowest BCUT2D eigenvalue weighted by molar-refractivity contribution is -0.137. The Balaban J connectivity index is 2.13. The van der Waals surface area contributed by atoms with Gasteiger partial charge in [0.05, 0.1) is 6.42 Å². The minimum atomic E-state index is -1.50. The molecule has 0 aliphatic carbocycles. The second-order valence-corrected chi connectivity index (χ2v) is 15.0. The first kappa shape index (κ1) is 42.4. The van der Waals surface area contributed by atoms with Gasteiger partial charge in [0.1, 0.15) is 36.3 Å². The van der Waals surface area contributed by atoms with E-state index in [1.807, 2.05) is 52.0 Å². The predicted octanol–water partition coefficient (Wildman–Crippen LogP) is -0.00470. The van der Waals surface area contributed by atoms with E-state index in [0.717, 1.165) is 16.5 Å². The lowest BCUT2D eigenvalue weighted by Crippen LogP contribution is -2.62. The summed E-state index contributed by atoms with van der Waals surface area (Å²) in [4.78, 5) is 98.5. The van der Waals surface area contributed by atoms with E-state index in [-0.39, 0.29) is 44.1 Å². The average molecular weight is 740 g/mol. The molecule has 1 fully saturated rings. The standard InChI is InChI=1S/C37H57N9O7/c1-19(2)14-26-33(49)43-27(15-20(3)4)34(50)44-28(16-22-18-40-24-11-8-7-10-23(22)24)36(52)46-31(21(5)6)37(53)45-29(17-30(39)47)35(51)41-25(12-9-13-38)32(48)42-26/h7-8,10-11,18-21,25-29,31,40H,9,12-17,38H2,1-6H3,(H2,39,47)(H,41,51)(H,42,48)(H,43,49)(H,44,50)(H,45,53)(H,46,52)/t25-,26-,27+,28+,29+,31+/m1/s1. The second kappa shape index (κ2) is 19.7. The molecule has 0 spiro atoms. The maximum atomic E-state index is 14.1. The van der Waals surface area contributed by atoms with Crippen LogP contribution in [0.5, 0.6) is 0 Å². The molecule has 1 aromatic carbocycles. The summed E-state index contributed by atoms with van der Waals surface area (Å²) in [5.41, 5.74) is 12.7. The van der Waals surface area contributed by atoms with Crippen LogP contribution in [0, 0.1) is 17.8 Å². The Hall–Kier alpha value is -4.99. The number of benzene rings is 1. The third kappa shape index (κ3) is 12.6. The van der Waals surface area contributed by atoms with E-state index in [1.165, 1.54) is 0 Å². The molecule has 292 valence electrons. The van der Waals surface area contributed by atoms with Crippen LogP contribution in [-0.4, -0.2) is 89.1 Å². The molecule has 53 heavy (non-hydrogen) atoms. The summed E-state index contributed by atoms with van der Waals surface area (Å²) in [5, 5.41) is 17.1. The fourth-order valence-corrected chi connectivity index (χ4v) is 6.28. The van der Waals surface area contributed by atoms with Gasteiger partial charge in [-0.1, -0.05) is 59.7 Å². The number of para-hydroxylation sites is 1. The molecule has 16 nitrogen and oxygen atoms in total. The van der Waals surface area contributed by atoms with Gasteiger partial charge in [-0.05, 0) is 61.6 Å². The molecule has 1 aliphatic heterocycles. The van der Waals surface area contributed by atoms with Gasteiger partial charge >= 0.3 is 0 Å². The molecule has 0 radical (unpaired) electrons. The van der Waals surface area contributed by atoms with Crippen LogP contribution < -0.4 is 43.4 Å². The van der Waals surface area contributed by atoms with Gasteiger partial charge < -0.3 is 48.4 Å². The smallest absolute Gasteiger partial charge is 0.243 e. The molecule has 16 heteroatoms. The van der Waals surface area contributed by atoms with Crippen LogP contribution in [0.15, 0.2) is 30.5 Å². The van der Waals surface area contributed by atoms with Crippen molar-refractivity contribution in [2.24, 2.45) is 29.2 Å². The third-order valence-electron chi connectivity index (χ3n) is 9.03. The summed E-state index contributed by atoms with van der Waals surface area (Å²) in [6.07, 6.45) is 1.99. The van der Waals surface area contributed by atoms with Crippen molar-refractivity contribution in [2.75, 3.05) is 6.54 Å². The summed E-state index contributed by atoms with van der Waals surface area (Å²) in [7, 11) is 0. The molecular formula is C37H57N9O7. The Bertz CT molecular complexity index is 1620. The van der Waals surface area contributed by atoms with E-state index < -0.39 is 89.9 Å². The van der Waals surface area contributed by atoms with Crippen molar-refractivity contribution in [3.63, 3.8) is 0 Å². The van der Waals surface area contributed by atoms with Crippen molar-refractivity contribution >= 4 is 52.3 Å². The van der Waals surface area contributed by atoms with Crippen molar-refractivity contribution < 1.29 is 33.6 Å². The van der Waals surface area contributed by atoms with Crippen LogP contribution in [0.3, 0.4) is 0 Å². The molecule has 1 aromatic heterocycles. The zero-order chi connectivity index (χ0) is 39.4. The predicted molar refractivity (Wildman–Crippen MR) is 199 cm³/mol. The molecule has 11 N–H and O–H groups in total. The van der Waals surface area contributed by atoms with Gasteiger partial charge in [0.2, 0.25) is 41.4 Å². The number of amides is 7. The van der Waals surface area contributed by atoms with Gasteiger partial charge in [0.15, 0.2) is 0 Å². The first-order valence-electron chi connectivity index (χ1n) is 18.4. The molecule has 1 saturated heterocycles. The van der Waals surface area contributed by atoms with Crippen molar-refractivity contribution in [2.45, 2.75) is 116 Å². The highest BCUT2D eigenvalue weighted by Crippen LogP contribution is 2.20. The van der Waals surface area contributed by atoms with Gasteiger partial charge in [-0.25, -0.2) is 0 Å². The van der Waals surface area contributed by atoms with Gasteiger partial charge in [-0.2, -0.15) is 0 Å². The highest BCUT2D eigenvalue weighted by molar-refractivity contribution is 5.99. The summed E-state index contributed by atoms with van der Waals surface area (Å²) in [6, 6.07) is 0.158. The monoisotopic (exact) mass is 739 g/mol. The first-order chi connectivity index (χ1) is 25.0.